The van der Waals surface area contributed by atoms with Crippen molar-refractivity contribution in [1.29, 1.82) is 0 Å². The molecule has 2 aromatic heterocycles. The highest BCUT2D eigenvalue weighted by Gasteiger charge is 2.59. The molecule has 138 valence electrons. The van der Waals surface area contributed by atoms with Crippen molar-refractivity contribution in [3.05, 3.63) is 35.4 Å². The highest BCUT2D eigenvalue weighted by atomic mass is 32.1. The van der Waals surface area contributed by atoms with E-state index in [1.165, 1.54) is 11.3 Å². The van der Waals surface area contributed by atoms with Crippen molar-refractivity contribution in [2.24, 2.45) is 23.7 Å². The predicted molar refractivity (Wildman–Crippen MR) is 97.6 cm³/mol. The second-order valence-corrected chi connectivity index (χ2v) is 8.12. The normalized spacial score (nSPS) is 28.3. The summed E-state index contributed by atoms with van der Waals surface area (Å²) in [6, 6.07) is 3.66. The molecule has 2 aliphatic carbocycles. The van der Waals surface area contributed by atoms with E-state index < -0.39 is 5.91 Å². The quantitative estimate of drug-likeness (QED) is 0.647. The Morgan fingerprint density at radius 2 is 1.96 bits per heavy atom. The number of aryl methyl sites for hydroxylation is 1. The molecule has 0 radical (unpaired) electrons. The van der Waals surface area contributed by atoms with Gasteiger partial charge in [-0.15, -0.1) is 11.3 Å². The molecule has 3 aliphatic rings. The molecule has 8 heteroatoms. The number of carbonyl (C=O) groups is 3. The molecule has 7 nitrogen and oxygen atoms in total. The third-order valence-electron chi connectivity index (χ3n) is 5.61. The van der Waals surface area contributed by atoms with Gasteiger partial charge >= 0.3 is 0 Å². The molecular formula is C19H17N3O4S. The van der Waals surface area contributed by atoms with Gasteiger partial charge in [-0.2, -0.15) is 0 Å². The van der Waals surface area contributed by atoms with E-state index in [-0.39, 0.29) is 42.0 Å². The van der Waals surface area contributed by atoms with E-state index in [1.54, 1.807) is 5.38 Å². The maximum Gasteiger partial charge on any atom is 0.246 e. The number of amides is 3. The number of thiazole rings is 1. The van der Waals surface area contributed by atoms with Crippen molar-refractivity contribution in [2.45, 2.75) is 13.3 Å². The first-order valence-corrected chi connectivity index (χ1v) is 9.75. The van der Waals surface area contributed by atoms with Crippen LogP contribution < -0.4 is 5.32 Å². The number of rotatable bonds is 4. The van der Waals surface area contributed by atoms with E-state index in [2.05, 4.69) is 10.3 Å². The smallest absolute Gasteiger partial charge is 0.246 e. The van der Waals surface area contributed by atoms with Gasteiger partial charge < -0.3 is 9.73 Å². The van der Waals surface area contributed by atoms with Gasteiger partial charge in [0.2, 0.25) is 17.7 Å². The number of likely N-dealkylation sites (tertiary alicyclic amines) is 1. The number of hydrogen-bond acceptors (Lipinski definition) is 6. The first-order chi connectivity index (χ1) is 13.0. The highest BCUT2D eigenvalue weighted by molar-refractivity contribution is 7.14. The molecule has 0 unspecified atom stereocenters. The molecular weight excluding hydrogens is 366 g/mol. The number of anilines is 1. The Kier molecular flexibility index (Phi) is 3.58. The maximum atomic E-state index is 12.6. The fourth-order valence-corrected chi connectivity index (χ4v) is 5.15. The molecule has 1 N–H and O–H groups in total. The van der Waals surface area contributed by atoms with Gasteiger partial charge in [-0.1, -0.05) is 12.2 Å². The van der Waals surface area contributed by atoms with Crippen LogP contribution in [0.25, 0.3) is 11.5 Å². The van der Waals surface area contributed by atoms with Crippen molar-refractivity contribution in [1.82, 2.24) is 9.88 Å². The fourth-order valence-electron chi connectivity index (χ4n) is 4.44. The molecule has 1 saturated carbocycles. The van der Waals surface area contributed by atoms with Crippen LogP contribution in [0, 0.1) is 30.6 Å². The summed E-state index contributed by atoms with van der Waals surface area (Å²) >= 11 is 1.27. The van der Waals surface area contributed by atoms with Gasteiger partial charge in [-0.05, 0) is 37.3 Å². The lowest BCUT2D eigenvalue weighted by Crippen LogP contribution is -2.39. The summed E-state index contributed by atoms with van der Waals surface area (Å²) in [5, 5.41) is 4.87. The topological polar surface area (TPSA) is 92.5 Å². The number of fused-ring (bicyclic) bond motifs is 5. The van der Waals surface area contributed by atoms with E-state index in [0.717, 1.165) is 17.1 Å². The van der Waals surface area contributed by atoms with Crippen molar-refractivity contribution < 1.29 is 18.8 Å². The summed E-state index contributed by atoms with van der Waals surface area (Å²) in [4.78, 5) is 43.1. The average molecular weight is 383 g/mol. The number of nitrogens with zero attached hydrogens (tertiary/aromatic N) is 2. The molecule has 0 aromatic carbocycles. The summed E-state index contributed by atoms with van der Waals surface area (Å²) < 4.78 is 5.52. The van der Waals surface area contributed by atoms with E-state index >= 15 is 0 Å². The Hall–Kier alpha value is -2.74. The molecule has 3 heterocycles. The average Bonchev–Trinajstić information content (AvgIpc) is 3.42. The third-order valence-corrected chi connectivity index (χ3v) is 6.36. The first kappa shape index (κ1) is 16.4. The predicted octanol–water partition coefficient (Wildman–Crippen LogP) is 2.46. The lowest BCUT2D eigenvalue weighted by molar-refractivity contribution is -0.143. The highest BCUT2D eigenvalue weighted by Crippen LogP contribution is 2.52. The molecule has 2 fully saturated rings. The van der Waals surface area contributed by atoms with Crippen LogP contribution in [0.15, 0.2) is 34.1 Å². The minimum absolute atomic E-state index is 0.141. The summed E-state index contributed by atoms with van der Waals surface area (Å²) in [6.45, 7) is 1.58. The summed E-state index contributed by atoms with van der Waals surface area (Å²) in [7, 11) is 0. The van der Waals surface area contributed by atoms with Crippen molar-refractivity contribution in [3.63, 3.8) is 0 Å². The molecule has 1 aliphatic heterocycles. The van der Waals surface area contributed by atoms with Gasteiger partial charge in [0.1, 0.15) is 18.0 Å². The summed E-state index contributed by atoms with van der Waals surface area (Å²) in [6.07, 6.45) is 4.95. The molecule has 27 heavy (non-hydrogen) atoms. The molecule has 1 saturated heterocycles. The Morgan fingerprint density at radius 1 is 1.26 bits per heavy atom. The zero-order chi connectivity index (χ0) is 18.7. The molecule has 2 aromatic rings. The number of furan rings is 1. The fraction of sp³-hybridized carbons (Fsp3) is 0.368. The summed E-state index contributed by atoms with van der Waals surface area (Å²) in [5.74, 6) is 0.265. The molecule has 3 amide bonds. The van der Waals surface area contributed by atoms with Gasteiger partial charge in [-0.25, -0.2) is 4.98 Å². The van der Waals surface area contributed by atoms with E-state index in [0.29, 0.717) is 16.6 Å². The Labute approximate surface area is 159 Å². The van der Waals surface area contributed by atoms with E-state index in [1.807, 2.05) is 31.2 Å². The van der Waals surface area contributed by atoms with Crippen LogP contribution in [0.3, 0.4) is 0 Å². The van der Waals surface area contributed by atoms with Gasteiger partial charge in [0.25, 0.3) is 0 Å². The van der Waals surface area contributed by atoms with E-state index in [4.69, 9.17) is 4.42 Å². The SMILES string of the molecule is Cc1ccc(-c2csc(NC(=O)CN3C(=O)[C@@H]4[C@H](C3=O)[C@H]3C=C[C@H]4C3)n2)o1. The largest absolute Gasteiger partial charge is 0.460 e. The molecule has 0 spiro atoms. The monoisotopic (exact) mass is 383 g/mol. The standard InChI is InChI=1S/C19H17N3O4S/c1-9-2-5-13(26-9)12-8-27-19(20-12)21-14(23)7-22-17(24)15-10-3-4-11(6-10)16(15)18(22)25/h2-5,8,10-11,15-16H,6-7H2,1H3,(H,20,21,23)/t10-,11-,15-,16+/m0/s1. The van der Waals surface area contributed by atoms with Crippen LogP contribution in [0.4, 0.5) is 5.13 Å². The van der Waals surface area contributed by atoms with Gasteiger partial charge in [0, 0.05) is 5.38 Å². The Morgan fingerprint density at radius 3 is 2.59 bits per heavy atom. The zero-order valence-corrected chi connectivity index (χ0v) is 15.4. The third kappa shape index (κ3) is 2.55. The van der Waals surface area contributed by atoms with Crippen LogP contribution >= 0.6 is 11.3 Å². The molecule has 5 rings (SSSR count). The number of allylic oxidation sites excluding steroid dienone is 2. The van der Waals surface area contributed by atoms with Crippen LogP contribution in [0.1, 0.15) is 12.2 Å². The minimum atomic E-state index is -0.423. The van der Waals surface area contributed by atoms with Gasteiger partial charge in [-0.3, -0.25) is 19.3 Å². The lowest BCUT2D eigenvalue weighted by Gasteiger charge is -2.16. The maximum absolute atomic E-state index is 12.6. The molecule has 2 bridgehead atoms. The van der Waals surface area contributed by atoms with Crippen LogP contribution in [-0.4, -0.2) is 34.2 Å². The van der Waals surface area contributed by atoms with Crippen molar-refractivity contribution >= 4 is 34.2 Å². The molecule has 4 atom stereocenters. The van der Waals surface area contributed by atoms with Crippen molar-refractivity contribution in [3.8, 4) is 11.5 Å². The Bertz CT molecular complexity index is 961. The van der Waals surface area contributed by atoms with Gasteiger partial charge in [0.15, 0.2) is 10.9 Å². The second kappa shape index (κ2) is 5.88. The van der Waals surface area contributed by atoms with Crippen LogP contribution in [0.5, 0.6) is 0 Å². The zero-order valence-electron chi connectivity index (χ0n) is 14.5. The lowest BCUT2D eigenvalue weighted by atomic mass is 9.85. The number of carbonyl (C=O) groups excluding carboxylic acids is 3. The first-order valence-electron chi connectivity index (χ1n) is 8.87. The number of nitrogens with one attached hydrogen (secondary N) is 1. The number of imide groups is 1. The number of hydrogen-bond donors (Lipinski definition) is 1. The Balaban J connectivity index is 1.26. The minimum Gasteiger partial charge on any atom is -0.460 e. The van der Waals surface area contributed by atoms with Crippen molar-refractivity contribution in [2.75, 3.05) is 11.9 Å². The van der Waals surface area contributed by atoms with Crippen LogP contribution in [-0.2, 0) is 14.4 Å². The van der Waals surface area contributed by atoms with Crippen LogP contribution in [0.2, 0.25) is 0 Å². The van der Waals surface area contributed by atoms with E-state index in [9.17, 15) is 14.4 Å². The second-order valence-electron chi connectivity index (χ2n) is 7.26. The number of aromatic nitrogens is 1. The summed E-state index contributed by atoms with van der Waals surface area (Å²) in [5.41, 5.74) is 0.633. The van der Waals surface area contributed by atoms with Gasteiger partial charge in [0.05, 0.1) is 11.8 Å².